The summed E-state index contributed by atoms with van der Waals surface area (Å²) in [5.41, 5.74) is 2.45. The Morgan fingerprint density at radius 3 is 2.55 bits per heavy atom. The zero-order valence-corrected chi connectivity index (χ0v) is 18.3. The van der Waals surface area contributed by atoms with Gasteiger partial charge in [0.15, 0.2) is 0 Å². The highest BCUT2D eigenvalue weighted by atomic mass is 16.5. The smallest absolute Gasteiger partial charge is 0.258 e. The van der Waals surface area contributed by atoms with Crippen LogP contribution in [0.4, 0.5) is 11.4 Å². The fraction of sp³-hybridized carbons (Fsp3) is 0.440. The van der Waals surface area contributed by atoms with Gasteiger partial charge in [-0.05, 0) is 68.5 Å². The van der Waals surface area contributed by atoms with Crippen molar-refractivity contribution in [1.82, 2.24) is 4.90 Å². The summed E-state index contributed by atoms with van der Waals surface area (Å²) in [5.74, 6) is 0.994. The molecule has 6 heteroatoms. The van der Waals surface area contributed by atoms with Gasteiger partial charge in [0.05, 0.1) is 12.2 Å². The summed E-state index contributed by atoms with van der Waals surface area (Å²) in [6.45, 7) is 7.38. The molecular weight excluding hydrogens is 390 g/mol. The van der Waals surface area contributed by atoms with Crippen LogP contribution in [-0.4, -0.2) is 49.0 Å². The lowest BCUT2D eigenvalue weighted by atomic mass is 10.1. The Morgan fingerprint density at radius 2 is 1.84 bits per heavy atom. The van der Waals surface area contributed by atoms with Crippen molar-refractivity contribution in [3.8, 4) is 5.75 Å². The lowest BCUT2D eigenvalue weighted by Crippen LogP contribution is -2.43. The molecule has 1 N–H and O–H groups in total. The molecule has 0 bridgehead atoms. The minimum Gasteiger partial charge on any atom is -0.493 e. The number of amides is 2. The van der Waals surface area contributed by atoms with Crippen LogP contribution in [-0.2, 0) is 4.79 Å². The Labute approximate surface area is 184 Å². The Bertz CT molecular complexity index is 928. The molecule has 2 aromatic rings. The molecule has 0 saturated carbocycles. The maximum atomic E-state index is 13.2. The van der Waals surface area contributed by atoms with Crippen molar-refractivity contribution in [2.75, 3.05) is 36.5 Å². The van der Waals surface area contributed by atoms with Gasteiger partial charge in [-0.3, -0.25) is 9.59 Å². The first-order valence-electron chi connectivity index (χ1n) is 11.3. The van der Waals surface area contributed by atoms with Crippen molar-refractivity contribution in [2.24, 2.45) is 5.92 Å². The second-order valence-electron chi connectivity index (χ2n) is 8.46. The Morgan fingerprint density at radius 1 is 1.06 bits per heavy atom. The molecule has 2 aliphatic rings. The number of nitrogens with one attached hydrogen (secondary N) is 1. The highest BCUT2D eigenvalue weighted by Gasteiger charge is 2.35. The van der Waals surface area contributed by atoms with Gasteiger partial charge in [-0.1, -0.05) is 19.1 Å². The fourth-order valence-electron chi connectivity index (χ4n) is 4.51. The molecule has 0 spiro atoms. The molecular formula is C25H31N3O3. The Kier molecular flexibility index (Phi) is 6.44. The number of nitrogens with zero attached hydrogens (tertiary/aromatic N) is 2. The minimum atomic E-state index is -0.471. The zero-order chi connectivity index (χ0) is 21.8. The summed E-state index contributed by atoms with van der Waals surface area (Å²) in [4.78, 5) is 30.2. The first-order chi connectivity index (χ1) is 15.1. The summed E-state index contributed by atoms with van der Waals surface area (Å²) in [6.07, 6.45) is 2.70. The van der Waals surface area contributed by atoms with Crippen LogP contribution in [0.5, 0.6) is 5.75 Å². The van der Waals surface area contributed by atoms with Gasteiger partial charge >= 0.3 is 0 Å². The summed E-state index contributed by atoms with van der Waals surface area (Å²) in [7, 11) is 0. The minimum absolute atomic E-state index is 0.137. The third kappa shape index (κ3) is 4.68. The molecule has 31 heavy (non-hydrogen) atoms. The van der Waals surface area contributed by atoms with Crippen LogP contribution in [0.2, 0.25) is 0 Å². The van der Waals surface area contributed by atoms with Crippen LogP contribution in [0.1, 0.15) is 43.5 Å². The van der Waals surface area contributed by atoms with Gasteiger partial charge in [0, 0.05) is 31.0 Å². The van der Waals surface area contributed by atoms with E-state index in [2.05, 4.69) is 29.3 Å². The number of hydrogen-bond acceptors (Lipinski definition) is 4. The number of ether oxygens (including phenoxy) is 1. The molecule has 6 nitrogen and oxygen atoms in total. The molecule has 2 aliphatic heterocycles. The topological polar surface area (TPSA) is 61.9 Å². The average Bonchev–Trinajstić information content (AvgIpc) is 3.44. The van der Waals surface area contributed by atoms with Crippen molar-refractivity contribution in [2.45, 2.75) is 39.2 Å². The lowest BCUT2D eigenvalue weighted by Gasteiger charge is -2.25. The van der Waals surface area contributed by atoms with Gasteiger partial charge in [0.2, 0.25) is 5.91 Å². The van der Waals surface area contributed by atoms with Crippen molar-refractivity contribution in [1.29, 1.82) is 0 Å². The summed E-state index contributed by atoms with van der Waals surface area (Å²) in [6, 6.07) is 14.8. The van der Waals surface area contributed by atoms with Gasteiger partial charge in [-0.2, -0.15) is 0 Å². The van der Waals surface area contributed by atoms with Crippen LogP contribution in [0.15, 0.2) is 48.5 Å². The predicted molar refractivity (Wildman–Crippen MR) is 123 cm³/mol. The third-order valence-corrected chi connectivity index (χ3v) is 6.16. The van der Waals surface area contributed by atoms with Crippen LogP contribution in [0, 0.1) is 5.92 Å². The van der Waals surface area contributed by atoms with E-state index in [-0.39, 0.29) is 11.8 Å². The normalized spacial score (nSPS) is 20.7. The third-order valence-electron chi connectivity index (χ3n) is 6.16. The largest absolute Gasteiger partial charge is 0.493 e. The van der Waals surface area contributed by atoms with Gasteiger partial charge in [-0.15, -0.1) is 0 Å². The van der Waals surface area contributed by atoms with Gasteiger partial charge in [-0.25, -0.2) is 0 Å². The van der Waals surface area contributed by atoms with Crippen molar-refractivity contribution in [3.05, 3.63) is 54.1 Å². The standard InChI is InChI=1S/C25H31N3O3/c1-3-31-23-9-5-4-7-21(23)25(30)28-15-6-8-22(28)24(29)26-19-10-12-20(13-11-19)27-16-14-18(2)17-27/h4-5,7,9-13,18,22H,3,6,8,14-17H2,1-2H3,(H,26,29). The molecule has 2 amide bonds. The first kappa shape index (κ1) is 21.2. The molecule has 2 saturated heterocycles. The van der Waals surface area contributed by atoms with E-state index in [0.29, 0.717) is 30.9 Å². The second kappa shape index (κ2) is 9.41. The average molecular weight is 422 g/mol. The number of anilines is 2. The molecule has 0 aromatic heterocycles. The Hall–Kier alpha value is -3.02. The highest BCUT2D eigenvalue weighted by Crippen LogP contribution is 2.27. The van der Waals surface area contributed by atoms with Gasteiger partial charge in [0.25, 0.3) is 5.91 Å². The van der Waals surface area contributed by atoms with E-state index in [1.165, 1.54) is 12.1 Å². The van der Waals surface area contributed by atoms with Crippen LogP contribution in [0.25, 0.3) is 0 Å². The Balaban J connectivity index is 1.43. The number of carbonyl (C=O) groups is 2. The van der Waals surface area contributed by atoms with E-state index in [1.54, 1.807) is 17.0 Å². The van der Waals surface area contributed by atoms with Crippen LogP contribution >= 0.6 is 0 Å². The number of hydrogen-bond donors (Lipinski definition) is 1. The molecule has 2 unspecified atom stereocenters. The second-order valence-corrected chi connectivity index (χ2v) is 8.46. The molecule has 4 rings (SSSR count). The maximum Gasteiger partial charge on any atom is 0.258 e. The van der Waals surface area contributed by atoms with E-state index in [9.17, 15) is 9.59 Å². The quantitative estimate of drug-likeness (QED) is 0.760. The number of carbonyl (C=O) groups excluding carboxylic acids is 2. The highest BCUT2D eigenvalue weighted by molar-refractivity contribution is 6.02. The predicted octanol–water partition coefficient (Wildman–Crippen LogP) is 4.17. The SMILES string of the molecule is CCOc1ccccc1C(=O)N1CCCC1C(=O)Nc1ccc(N2CCC(C)C2)cc1. The molecule has 0 aliphatic carbocycles. The van der Waals surface area contributed by atoms with Crippen LogP contribution in [0.3, 0.4) is 0 Å². The maximum absolute atomic E-state index is 13.2. The van der Waals surface area contributed by atoms with Crippen molar-refractivity contribution >= 4 is 23.2 Å². The van der Waals surface area contributed by atoms with Gasteiger partial charge < -0.3 is 19.9 Å². The molecule has 2 heterocycles. The number of benzene rings is 2. The first-order valence-corrected chi connectivity index (χ1v) is 11.3. The lowest BCUT2D eigenvalue weighted by molar-refractivity contribution is -0.119. The van der Waals surface area contributed by atoms with E-state index in [1.807, 2.05) is 31.2 Å². The van der Waals surface area contributed by atoms with Crippen molar-refractivity contribution in [3.63, 3.8) is 0 Å². The van der Waals surface area contributed by atoms with E-state index < -0.39 is 6.04 Å². The number of para-hydroxylation sites is 1. The summed E-state index contributed by atoms with van der Waals surface area (Å²) in [5, 5.41) is 3.00. The monoisotopic (exact) mass is 421 g/mol. The van der Waals surface area contributed by atoms with E-state index in [4.69, 9.17) is 4.74 Å². The molecule has 2 fully saturated rings. The number of likely N-dealkylation sites (tertiary alicyclic amines) is 1. The zero-order valence-electron chi connectivity index (χ0n) is 18.3. The molecule has 2 atom stereocenters. The number of rotatable bonds is 6. The summed E-state index contributed by atoms with van der Waals surface area (Å²) >= 11 is 0. The fourth-order valence-corrected chi connectivity index (χ4v) is 4.51. The molecule has 0 radical (unpaired) electrons. The molecule has 2 aromatic carbocycles. The van der Waals surface area contributed by atoms with Crippen LogP contribution < -0.4 is 15.0 Å². The summed E-state index contributed by atoms with van der Waals surface area (Å²) < 4.78 is 5.62. The van der Waals surface area contributed by atoms with Gasteiger partial charge in [0.1, 0.15) is 11.8 Å². The van der Waals surface area contributed by atoms with E-state index in [0.717, 1.165) is 31.1 Å². The van der Waals surface area contributed by atoms with E-state index >= 15 is 0 Å². The van der Waals surface area contributed by atoms with Crippen molar-refractivity contribution < 1.29 is 14.3 Å². The molecule has 164 valence electrons.